The fraction of sp³-hybridized carbons (Fsp3) is 0.625. The van der Waals surface area contributed by atoms with Crippen LogP contribution < -0.4 is 0 Å². The largest absolute Gasteiger partial charge is 0.389 e. The third-order valence-corrected chi connectivity index (χ3v) is 2.11. The molecule has 0 rings (SSSR count). The average Bonchev–Trinajstić information content (AvgIpc) is 2.13. The van der Waals surface area contributed by atoms with Crippen molar-refractivity contribution in [2.24, 2.45) is 5.41 Å². The van der Waals surface area contributed by atoms with Crippen molar-refractivity contribution in [1.29, 1.82) is 0 Å². The Bertz CT molecular complexity index is 227. The van der Waals surface area contributed by atoms with Crippen molar-refractivity contribution < 1.29 is 24.6 Å². The van der Waals surface area contributed by atoms with Crippen molar-refractivity contribution in [3.05, 3.63) is 0 Å². The van der Waals surface area contributed by atoms with E-state index >= 15 is 0 Å². The number of carbonyl (C=O) groups is 3. The molecular formula is C8H12O5. The van der Waals surface area contributed by atoms with Gasteiger partial charge in [0.15, 0.2) is 17.3 Å². The highest BCUT2D eigenvalue weighted by atomic mass is 16.3. The first-order valence-electron chi connectivity index (χ1n) is 3.70. The number of aliphatic hydroxyl groups excluding tert-OH is 2. The predicted octanol–water partition coefficient (Wildman–Crippen LogP) is -1.30. The van der Waals surface area contributed by atoms with Gasteiger partial charge in [-0.1, -0.05) is 0 Å². The molecule has 13 heavy (non-hydrogen) atoms. The highest BCUT2D eigenvalue weighted by Gasteiger charge is 2.43. The third kappa shape index (κ3) is 1.99. The maximum Gasteiger partial charge on any atom is 0.178 e. The number of hydrogen-bond donors (Lipinski definition) is 2. The Labute approximate surface area is 75.4 Å². The zero-order chi connectivity index (χ0) is 10.6. The van der Waals surface area contributed by atoms with Gasteiger partial charge in [-0.25, -0.2) is 0 Å². The summed E-state index contributed by atoms with van der Waals surface area (Å²) in [5.74, 6) is -2.45. The van der Waals surface area contributed by atoms with Gasteiger partial charge in [0.25, 0.3) is 0 Å². The van der Waals surface area contributed by atoms with E-state index in [1.165, 1.54) is 0 Å². The second-order valence-electron chi connectivity index (χ2n) is 2.84. The molecule has 0 saturated carbocycles. The summed E-state index contributed by atoms with van der Waals surface area (Å²) in [4.78, 5) is 33.1. The molecule has 0 saturated heterocycles. The molecule has 0 aliphatic heterocycles. The lowest BCUT2D eigenvalue weighted by Crippen LogP contribution is -2.45. The molecule has 74 valence electrons. The quantitative estimate of drug-likeness (QED) is 0.523. The minimum atomic E-state index is -1.90. The van der Waals surface area contributed by atoms with Crippen molar-refractivity contribution in [2.75, 3.05) is 13.2 Å². The van der Waals surface area contributed by atoms with Crippen molar-refractivity contribution in [2.45, 2.75) is 13.8 Å². The second kappa shape index (κ2) is 4.25. The summed E-state index contributed by atoms with van der Waals surface area (Å²) in [6, 6.07) is 0. The monoisotopic (exact) mass is 188 g/mol. The first-order chi connectivity index (χ1) is 5.91. The minimum absolute atomic E-state index is 0.675. The van der Waals surface area contributed by atoms with Crippen LogP contribution >= 0.6 is 0 Å². The number of hydrogen-bond acceptors (Lipinski definition) is 5. The van der Waals surface area contributed by atoms with Crippen LogP contribution in [0.5, 0.6) is 0 Å². The van der Waals surface area contributed by atoms with E-state index in [1.807, 2.05) is 0 Å². The van der Waals surface area contributed by atoms with Gasteiger partial charge in [0.05, 0.1) is 0 Å². The summed E-state index contributed by atoms with van der Waals surface area (Å²) < 4.78 is 0. The normalized spacial score (nSPS) is 11.1. The SMILES string of the molecule is CC(=O)C(C)(C(=O)CO)C(=O)CO. The number of carbonyl (C=O) groups excluding carboxylic acids is 3. The summed E-state index contributed by atoms with van der Waals surface area (Å²) in [5.41, 5.74) is -1.90. The Kier molecular flexibility index (Phi) is 3.90. The Morgan fingerprint density at radius 2 is 1.38 bits per heavy atom. The predicted molar refractivity (Wildman–Crippen MR) is 43.0 cm³/mol. The number of aliphatic hydroxyl groups is 2. The van der Waals surface area contributed by atoms with Crippen LogP contribution in [-0.2, 0) is 14.4 Å². The first kappa shape index (κ1) is 11.9. The maximum absolute atomic E-state index is 11.1. The average molecular weight is 188 g/mol. The number of rotatable bonds is 5. The van der Waals surface area contributed by atoms with E-state index in [0.29, 0.717) is 0 Å². The second-order valence-corrected chi connectivity index (χ2v) is 2.84. The van der Waals surface area contributed by atoms with Crippen LogP contribution in [0.3, 0.4) is 0 Å². The van der Waals surface area contributed by atoms with E-state index in [4.69, 9.17) is 10.2 Å². The van der Waals surface area contributed by atoms with Gasteiger partial charge in [-0.15, -0.1) is 0 Å². The van der Waals surface area contributed by atoms with Gasteiger partial charge in [0.1, 0.15) is 18.6 Å². The van der Waals surface area contributed by atoms with E-state index in [-0.39, 0.29) is 0 Å². The fourth-order valence-corrected chi connectivity index (χ4v) is 0.864. The maximum atomic E-state index is 11.1. The molecule has 0 aliphatic carbocycles. The van der Waals surface area contributed by atoms with Crippen LogP contribution in [0.25, 0.3) is 0 Å². The van der Waals surface area contributed by atoms with Crippen molar-refractivity contribution >= 4 is 17.3 Å². The zero-order valence-electron chi connectivity index (χ0n) is 7.53. The van der Waals surface area contributed by atoms with Gasteiger partial charge in [0, 0.05) is 0 Å². The van der Waals surface area contributed by atoms with Crippen LogP contribution in [0.4, 0.5) is 0 Å². The molecule has 0 heterocycles. The molecule has 0 fully saturated rings. The summed E-state index contributed by atoms with van der Waals surface area (Å²) in [5, 5.41) is 17.1. The minimum Gasteiger partial charge on any atom is -0.389 e. The summed E-state index contributed by atoms with van der Waals surface area (Å²) in [6.45, 7) is 0.400. The van der Waals surface area contributed by atoms with E-state index in [0.717, 1.165) is 13.8 Å². The van der Waals surface area contributed by atoms with Crippen LogP contribution in [0, 0.1) is 5.41 Å². The lowest BCUT2D eigenvalue weighted by atomic mass is 9.78. The summed E-state index contributed by atoms with van der Waals surface area (Å²) in [7, 11) is 0. The molecule has 0 aromatic carbocycles. The van der Waals surface area contributed by atoms with Gasteiger partial charge in [0.2, 0.25) is 0 Å². The molecule has 0 spiro atoms. The molecule has 0 atom stereocenters. The Hall–Kier alpha value is -1.07. The fourth-order valence-electron chi connectivity index (χ4n) is 0.864. The molecule has 5 heteroatoms. The molecule has 0 radical (unpaired) electrons. The van der Waals surface area contributed by atoms with Gasteiger partial charge in [-0.3, -0.25) is 14.4 Å². The van der Waals surface area contributed by atoms with Gasteiger partial charge >= 0.3 is 0 Å². The summed E-state index contributed by atoms with van der Waals surface area (Å²) >= 11 is 0. The Morgan fingerprint density at radius 1 is 1.08 bits per heavy atom. The molecule has 0 aromatic rings. The van der Waals surface area contributed by atoms with E-state index < -0.39 is 36.0 Å². The molecule has 0 aliphatic rings. The molecule has 0 aromatic heterocycles. The summed E-state index contributed by atoms with van der Waals surface area (Å²) in [6.07, 6.45) is 0. The van der Waals surface area contributed by atoms with Crippen molar-refractivity contribution in [3.8, 4) is 0 Å². The van der Waals surface area contributed by atoms with Crippen LogP contribution in [0.1, 0.15) is 13.8 Å². The third-order valence-electron chi connectivity index (χ3n) is 2.11. The van der Waals surface area contributed by atoms with Gasteiger partial charge < -0.3 is 10.2 Å². The number of Topliss-reactive ketones (excluding diaryl/α,β-unsaturated/α-hetero) is 3. The highest BCUT2D eigenvalue weighted by molar-refractivity contribution is 6.23. The lowest BCUT2D eigenvalue weighted by Gasteiger charge is -2.21. The van der Waals surface area contributed by atoms with Gasteiger partial charge in [-0.05, 0) is 13.8 Å². The number of ketones is 3. The smallest absolute Gasteiger partial charge is 0.178 e. The molecule has 5 nitrogen and oxygen atoms in total. The Balaban J connectivity index is 5.06. The Morgan fingerprint density at radius 3 is 1.54 bits per heavy atom. The van der Waals surface area contributed by atoms with E-state index in [1.54, 1.807) is 0 Å². The highest BCUT2D eigenvalue weighted by Crippen LogP contribution is 2.20. The van der Waals surface area contributed by atoms with E-state index in [9.17, 15) is 14.4 Å². The van der Waals surface area contributed by atoms with Crippen molar-refractivity contribution in [3.63, 3.8) is 0 Å². The standard InChI is InChI=1S/C8H12O5/c1-5(11)8(2,6(12)3-9)7(13)4-10/h9-10H,3-4H2,1-2H3. The van der Waals surface area contributed by atoms with Gasteiger partial charge in [-0.2, -0.15) is 0 Å². The molecule has 0 bridgehead atoms. The molecule has 2 N–H and O–H groups in total. The zero-order valence-corrected chi connectivity index (χ0v) is 7.53. The van der Waals surface area contributed by atoms with Crippen molar-refractivity contribution in [1.82, 2.24) is 0 Å². The first-order valence-corrected chi connectivity index (χ1v) is 3.70. The molecule has 0 unspecified atom stereocenters. The van der Waals surface area contributed by atoms with Crippen LogP contribution in [0.2, 0.25) is 0 Å². The van der Waals surface area contributed by atoms with E-state index in [2.05, 4.69) is 0 Å². The topological polar surface area (TPSA) is 91.7 Å². The lowest BCUT2D eigenvalue weighted by molar-refractivity contribution is -0.149. The van der Waals surface area contributed by atoms with Crippen LogP contribution in [-0.4, -0.2) is 40.8 Å². The van der Waals surface area contributed by atoms with Crippen LogP contribution in [0.15, 0.2) is 0 Å². The molecular weight excluding hydrogens is 176 g/mol. The molecule has 0 amide bonds.